The molecule has 0 radical (unpaired) electrons. The molecule has 0 aliphatic carbocycles. The summed E-state index contributed by atoms with van der Waals surface area (Å²) in [6, 6.07) is 0. The Morgan fingerprint density at radius 2 is 2.40 bits per heavy atom. The Labute approximate surface area is 60.7 Å². The Kier molecular flexibility index (Phi) is 2.81. The number of nitroso groups, excluding NO2 is 1. The van der Waals surface area contributed by atoms with Crippen molar-refractivity contribution >= 4 is 0 Å². The maximum atomic E-state index is 9.98. The molecule has 0 aromatic heterocycles. The lowest BCUT2D eigenvalue weighted by molar-refractivity contribution is 0.0445. The van der Waals surface area contributed by atoms with Gasteiger partial charge in [-0.15, -0.1) is 4.91 Å². The van der Waals surface area contributed by atoms with E-state index in [1.165, 1.54) is 0 Å². The molecule has 1 fully saturated rings. The van der Waals surface area contributed by atoms with Crippen molar-refractivity contribution in [2.75, 3.05) is 0 Å². The van der Waals surface area contributed by atoms with Crippen molar-refractivity contribution in [3.63, 3.8) is 0 Å². The van der Waals surface area contributed by atoms with Crippen LogP contribution >= 0.6 is 0 Å². The van der Waals surface area contributed by atoms with Gasteiger partial charge in [-0.25, -0.2) is 0 Å². The second-order valence-electron chi connectivity index (χ2n) is 2.68. The number of nitrogens with zero attached hydrogens (tertiary/aromatic N) is 1. The van der Waals surface area contributed by atoms with Gasteiger partial charge in [0.05, 0.1) is 6.10 Å². The zero-order valence-corrected chi connectivity index (χ0v) is 6.25. The maximum Gasteiger partial charge on any atom is 0.189 e. The van der Waals surface area contributed by atoms with E-state index >= 15 is 0 Å². The number of ether oxygens (including phenoxy) is 1. The standard InChI is InChI=1S/C7H13NO2/c1-2-3-6-4-5-7(8-9)10-6/h6-7H,2-5H2,1H3/t6-,7?/m1/s1. The SMILES string of the molecule is CCC[C@@H]1CCC(N=O)O1. The van der Waals surface area contributed by atoms with Gasteiger partial charge < -0.3 is 4.74 Å². The van der Waals surface area contributed by atoms with Crippen LogP contribution in [0, 0.1) is 4.91 Å². The van der Waals surface area contributed by atoms with Crippen molar-refractivity contribution in [1.82, 2.24) is 0 Å². The van der Waals surface area contributed by atoms with Gasteiger partial charge in [-0.05, 0) is 24.4 Å². The minimum atomic E-state index is -0.350. The molecule has 10 heavy (non-hydrogen) atoms. The van der Waals surface area contributed by atoms with E-state index in [1.807, 2.05) is 0 Å². The van der Waals surface area contributed by atoms with Crippen molar-refractivity contribution in [2.45, 2.75) is 44.9 Å². The quantitative estimate of drug-likeness (QED) is 0.567. The molecule has 1 aliphatic heterocycles. The predicted octanol–water partition coefficient (Wildman–Crippen LogP) is 2.06. The molecule has 1 saturated heterocycles. The Morgan fingerprint density at radius 1 is 1.60 bits per heavy atom. The van der Waals surface area contributed by atoms with Crippen molar-refractivity contribution in [1.29, 1.82) is 0 Å². The largest absolute Gasteiger partial charge is 0.350 e. The van der Waals surface area contributed by atoms with Crippen molar-refractivity contribution in [2.24, 2.45) is 5.18 Å². The maximum absolute atomic E-state index is 9.98. The van der Waals surface area contributed by atoms with Crippen molar-refractivity contribution in [3.8, 4) is 0 Å². The molecule has 3 nitrogen and oxygen atoms in total. The fourth-order valence-corrected chi connectivity index (χ4v) is 1.30. The molecular formula is C7H13NO2. The molecule has 0 amide bonds. The van der Waals surface area contributed by atoms with Gasteiger partial charge in [0.2, 0.25) is 0 Å². The fraction of sp³-hybridized carbons (Fsp3) is 1.00. The second kappa shape index (κ2) is 3.66. The molecule has 0 spiro atoms. The number of hydrogen-bond donors (Lipinski definition) is 0. The molecule has 0 N–H and O–H groups in total. The summed E-state index contributed by atoms with van der Waals surface area (Å²) >= 11 is 0. The first kappa shape index (κ1) is 7.66. The number of rotatable bonds is 3. The molecular weight excluding hydrogens is 130 g/mol. The van der Waals surface area contributed by atoms with E-state index in [0.29, 0.717) is 6.10 Å². The minimum Gasteiger partial charge on any atom is -0.350 e. The molecule has 1 heterocycles. The smallest absolute Gasteiger partial charge is 0.189 e. The Morgan fingerprint density at radius 3 is 2.90 bits per heavy atom. The van der Waals surface area contributed by atoms with Crippen LogP contribution in [0.2, 0.25) is 0 Å². The fourth-order valence-electron chi connectivity index (χ4n) is 1.30. The van der Waals surface area contributed by atoms with Crippen LogP contribution in [0.4, 0.5) is 0 Å². The second-order valence-corrected chi connectivity index (χ2v) is 2.68. The Bertz CT molecular complexity index is 116. The van der Waals surface area contributed by atoms with Crippen molar-refractivity contribution in [3.05, 3.63) is 4.91 Å². The third-order valence-electron chi connectivity index (χ3n) is 1.81. The van der Waals surface area contributed by atoms with Crippen LogP contribution in [0.25, 0.3) is 0 Å². The Hall–Kier alpha value is -0.440. The molecule has 0 bridgehead atoms. The van der Waals surface area contributed by atoms with Crippen LogP contribution in [0.1, 0.15) is 32.6 Å². The number of hydrogen-bond acceptors (Lipinski definition) is 3. The highest BCUT2D eigenvalue weighted by atomic mass is 16.5. The first-order chi connectivity index (χ1) is 4.86. The van der Waals surface area contributed by atoms with Crippen LogP contribution in [0.5, 0.6) is 0 Å². The lowest BCUT2D eigenvalue weighted by atomic mass is 10.1. The minimum absolute atomic E-state index is 0.299. The summed E-state index contributed by atoms with van der Waals surface area (Å²) in [6.07, 6.45) is 3.95. The molecule has 58 valence electrons. The normalized spacial score (nSPS) is 32.5. The molecule has 1 rings (SSSR count). The van der Waals surface area contributed by atoms with Crippen LogP contribution in [-0.2, 0) is 4.74 Å². The summed E-state index contributed by atoms with van der Waals surface area (Å²) in [7, 11) is 0. The van der Waals surface area contributed by atoms with E-state index in [9.17, 15) is 4.91 Å². The summed E-state index contributed by atoms with van der Waals surface area (Å²) in [5.74, 6) is 0. The van der Waals surface area contributed by atoms with E-state index in [2.05, 4.69) is 12.1 Å². The van der Waals surface area contributed by atoms with Crippen LogP contribution in [0.3, 0.4) is 0 Å². The topological polar surface area (TPSA) is 38.7 Å². The monoisotopic (exact) mass is 143 g/mol. The van der Waals surface area contributed by atoms with E-state index < -0.39 is 0 Å². The predicted molar refractivity (Wildman–Crippen MR) is 38.6 cm³/mol. The van der Waals surface area contributed by atoms with E-state index in [-0.39, 0.29) is 6.23 Å². The highest BCUT2D eigenvalue weighted by Gasteiger charge is 2.24. The molecule has 0 saturated carbocycles. The zero-order valence-electron chi connectivity index (χ0n) is 6.25. The van der Waals surface area contributed by atoms with Crippen LogP contribution < -0.4 is 0 Å². The van der Waals surface area contributed by atoms with Gasteiger partial charge in [0, 0.05) is 0 Å². The van der Waals surface area contributed by atoms with E-state index in [0.717, 1.165) is 25.7 Å². The average Bonchev–Trinajstić information content (AvgIpc) is 2.37. The van der Waals surface area contributed by atoms with Crippen molar-refractivity contribution < 1.29 is 4.74 Å². The summed E-state index contributed by atoms with van der Waals surface area (Å²) in [6.45, 7) is 2.12. The third kappa shape index (κ3) is 1.77. The van der Waals surface area contributed by atoms with Gasteiger partial charge in [0.25, 0.3) is 0 Å². The first-order valence-corrected chi connectivity index (χ1v) is 3.84. The van der Waals surface area contributed by atoms with Gasteiger partial charge in [-0.2, -0.15) is 0 Å². The van der Waals surface area contributed by atoms with Gasteiger partial charge >= 0.3 is 0 Å². The first-order valence-electron chi connectivity index (χ1n) is 3.84. The lowest BCUT2D eigenvalue weighted by Gasteiger charge is -2.06. The molecule has 2 atom stereocenters. The highest BCUT2D eigenvalue weighted by molar-refractivity contribution is 4.70. The average molecular weight is 143 g/mol. The lowest BCUT2D eigenvalue weighted by Crippen LogP contribution is -2.07. The molecule has 3 heteroatoms. The van der Waals surface area contributed by atoms with Crippen LogP contribution in [-0.4, -0.2) is 12.3 Å². The van der Waals surface area contributed by atoms with Gasteiger partial charge in [-0.3, -0.25) is 0 Å². The molecule has 0 aromatic rings. The van der Waals surface area contributed by atoms with Crippen LogP contribution in [0.15, 0.2) is 5.18 Å². The summed E-state index contributed by atoms with van der Waals surface area (Å²) < 4.78 is 5.27. The van der Waals surface area contributed by atoms with E-state index in [1.54, 1.807) is 0 Å². The van der Waals surface area contributed by atoms with E-state index in [4.69, 9.17) is 4.74 Å². The highest BCUT2D eigenvalue weighted by Crippen LogP contribution is 2.23. The Balaban J connectivity index is 2.21. The zero-order chi connectivity index (χ0) is 7.40. The molecule has 1 aliphatic rings. The summed E-state index contributed by atoms with van der Waals surface area (Å²) in [4.78, 5) is 9.98. The summed E-state index contributed by atoms with van der Waals surface area (Å²) in [5, 5.41) is 2.85. The third-order valence-corrected chi connectivity index (χ3v) is 1.81. The molecule has 1 unspecified atom stereocenters. The van der Waals surface area contributed by atoms with Gasteiger partial charge in [-0.1, -0.05) is 13.3 Å². The molecule has 0 aromatic carbocycles. The summed E-state index contributed by atoms with van der Waals surface area (Å²) in [5.41, 5.74) is 0. The van der Waals surface area contributed by atoms with Gasteiger partial charge in [0.1, 0.15) is 0 Å². The van der Waals surface area contributed by atoms with Gasteiger partial charge in [0.15, 0.2) is 6.23 Å².